The molecule has 6 N–H and O–H groups in total. The first kappa shape index (κ1) is 26.1. The number of hydrogen-bond acceptors (Lipinski definition) is 8. The van der Waals surface area contributed by atoms with Gasteiger partial charge in [-0.2, -0.15) is 0 Å². The van der Waals surface area contributed by atoms with Crippen molar-refractivity contribution in [1.82, 2.24) is 0 Å². The van der Waals surface area contributed by atoms with E-state index in [-0.39, 0.29) is 17.9 Å². The maximum atomic E-state index is 10.9. The van der Waals surface area contributed by atoms with Crippen molar-refractivity contribution in [2.24, 2.45) is 0 Å². The number of carbonyl (C=O) groups is 4. The van der Waals surface area contributed by atoms with Gasteiger partial charge in [0, 0.05) is 7.11 Å². The molecular weight excluding hydrogens is 368 g/mol. The molecule has 1 unspecified atom stereocenters. The minimum atomic E-state index is -2.61. The van der Waals surface area contributed by atoms with Gasteiger partial charge in [0.1, 0.15) is 11.3 Å². The summed E-state index contributed by atoms with van der Waals surface area (Å²) in [5.41, 5.74) is -2.68. The quantitative estimate of drug-likeness (QED) is 0.340. The molecule has 0 radical (unpaired) electrons. The Balaban J connectivity index is 0. The molecule has 1 aromatic carbocycles. The van der Waals surface area contributed by atoms with Gasteiger partial charge in [0.15, 0.2) is 5.60 Å². The Labute approximate surface area is 154 Å². The summed E-state index contributed by atoms with van der Waals surface area (Å²) in [5, 5.41) is 50.6. The molecule has 0 aliphatic heterocycles. The number of aromatic hydroxyl groups is 1. The van der Waals surface area contributed by atoms with E-state index in [1.54, 1.807) is 12.1 Å². The van der Waals surface area contributed by atoms with Crippen LogP contribution in [0.3, 0.4) is 0 Å². The number of aliphatic hydroxyl groups is 2. The summed E-state index contributed by atoms with van der Waals surface area (Å²) in [6, 6.07) is 5.81. The standard InChI is InChI=1S/C8H12O7.C7H6O3.CH4O/c1-2-15-6(11)4-8(14,7(12)13)3-5(9)10;8-6-4-2-1-3-5(6)7(9)10;1-2/h14H,2-4H2,1H3,(H,9,10)(H,12,13);1-4,8H,(H,9,10);2H,1H3. The number of aliphatic carboxylic acids is 2. The lowest BCUT2D eigenvalue weighted by Gasteiger charge is -2.19. The van der Waals surface area contributed by atoms with Crippen molar-refractivity contribution < 1.29 is 54.6 Å². The predicted octanol–water partition coefficient (Wildman–Crippen LogP) is -0.0711. The van der Waals surface area contributed by atoms with Gasteiger partial charge in [-0.3, -0.25) is 9.59 Å². The van der Waals surface area contributed by atoms with Gasteiger partial charge in [0.25, 0.3) is 0 Å². The first-order valence-electron chi connectivity index (χ1n) is 7.32. The van der Waals surface area contributed by atoms with Gasteiger partial charge in [-0.05, 0) is 19.1 Å². The van der Waals surface area contributed by atoms with E-state index in [1.165, 1.54) is 19.1 Å². The molecule has 1 atom stereocenters. The second-order valence-electron chi connectivity index (χ2n) is 4.71. The molecule has 0 aliphatic rings. The van der Waals surface area contributed by atoms with Crippen LogP contribution in [0, 0.1) is 0 Å². The second-order valence-corrected chi connectivity index (χ2v) is 4.71. The summed E-state index contributed by atoms with van der Waals surface area (Å²) in [7, 11) is 1.00. The molecule has 0 spiro atoms. The minimum absolute atomic E-state index is 0.0294. The molecule has 11 heteroatoms. The van der Waals surface area contributed by atoms with Crippen LogP contribution in [0.1, 0.15) is 30.1 Å². The molecule has 11 nitrogen and oxygen atoms in total. The third kappa shape index (κ3) is 10.4. The van der Waals surface area contributed by atoms with Crippen LogP contribution < -0.4 is 0 Å². The highest BCUT2D eigenvalue weighted by Gasteiger charge is 2.41. The fraction of sp³-hybridized carbons (Fsp3) is 0.375. The zero-order valence-electron chi connectivity index (χ0n) is 14.7. The highest BCUT2D eigenvalue weighted by molar-refractivity contribution is 5.90. The number of carboxylic acids is 3. The summed E-state index contributed by atoms with van der Waals surface area (Å²) < 4.78 is 4.41. The molecule has 1 rings (SSSR count). The number of rotatable bonds is 7. The van der Waals surface area contributed by atoms with E-state index >= 15 is 0 Å². The number of carbonyl (C=O) groups excluding carboxylic acids is 1. The monoisotopic (exact) mass is 390 g/mol. The van der Waals surface area contributed by atoms with Crippen LogP contribution in [0.2, 0.25) is 0 Å². The zero-order chi connectivity index (χ0) is 21.6. The first-order valence-corrected chi connectivity index (χ1v) is 7.32. The number of phenols is 1. The normalized spacial score (nSPS) is 11.4. The molecule has 1 aromatic rings. The lowest BCUT2D eigenvalue weighted by Crippen LogP contribution is -2.43. The van der Waals surface area contributed by atoms with E-state index in [1.807, 2.05) is 0 Å². The number of ether oxygens (including phenoxy) is 1. The maximum Gasteiger partial charge on any atom is 0.339 e. The van der Waals surface area contributed by atoms with Crippen LogP contribution in [0.15, 0.2) is 24.3 Å². The maximum absolute atomic E-state index is 10.9. The van der Waals surface area contributed by atoms with Crippen LogP contribution in [0.25, 0.3) is 0 Å². The molecule has 0 aromatic heterocycles. The van der Waals surface area contributed by atoms with Gasteiger partial charge in [-0.15, -0.1) is 0 Å². The topological polar surface area (TPSA) is 199 Å². The van der Waals surface area contributed by atoms with Gasteiger partial charge in [-0.1, -0.05) is 12.1 Å². The van der Waals surface area contributed by atoms with Gasteiger partial charge < -0.3 is 35.4 Å². The van der Waals surface area contributed by atoms with Gasteiger partial charge in [-0.25, -0.2) is 9.59 Å². The SMILES string of the molecule is CCOC(=O)CC(O)(CC(=O)O)C(=O)O.CO.O=C(O)c1ccccc1O. The number of carboxylic acid groups (broad SMARTS) is 3. The Bertz CT molecular complexity index is 641. The van der Waals surface area contributed by atoms with Crippen molar-refractivity contribution in [3.63, 3.8) is 0 Å². The van der Waals surface area contributed by atoms with E-state index in [0.717, 1.165) is 7.11 Å². The Hall–Kier alpha value is -3.18. The number of benzene rings is 1. The molecule has 0 saturated carbocycles. The fourth-order valence-corrected chi connectivity index (χ4v) is 1.57. The van der Waals surface area contributed by atoms with E-state index < -0.39 is 42.3 Å². The van der Waals surface area contributed by atoms with Crippen LogP contribution in [-0.4, -0.2) is 73.8 Å². The smallest absolute Gasteiger partial charge is 0.339 e. The zero-order valence-corrected chi connectivity index (χ0v) is 14.7. The highest BCUT2D eigenvalue weighted by atomic mass is 16.5. The summed E-state index contributed by atoms with van der Waals surface area (Å²) in [6.07, 6.45) is -1.94. The van der Waals surface area contributed by atoms with Crippen molar-refractivity contribution >= 4 is 23.9 Å². The lowest BCUT2D eigenvalue weighted by molar-refractivity contribution is -0.171. The average molecular weight is 390 g/mol. The third-order valence-electron chi connectivity index (χ3n) is 2.72. The number of hydrogen-bond donors (Lipinski definition) is 6. The third-order valence-corrected chi connectivity index (χ3v) is 2.72. The molecular formula is C16H22O11. The van der Waals surface area contributed by atoms with Gasteiger partial charge in [0.2, 0.25) is 0 Å². The largest absolute Gasteiger partial charge is 0.507 e. The Morgan fingerprint density at radius 1 is 1.00 bits per heavy atom. The molecule has 0 heterocycles. The summed E-state index contributed by atoms with van der Waals surface area (Å²) in [5.74, 6) is -5.54. The van der Waals surface area contributed by atoms with E-state index in [0.29, 0.717) is 0 Å². The number of aliphatic hydroxyl groups excluding tert-OH is 1. The van der Waals surface area contributed by atoms with Crippen molar-refractivity contribution in [2.45, 2.75) is 25.4 Å². The average Bonchev–Trinajstić information content (AvgIpc) is 2.56. The Morgan fingerprint density at radius 3 is 1.85 bits per heavy atom. The number of aromatic carboxylic acids is 1. The summed E-state index contributed by atoms with van der Waals surface area (Å²) >= 11 is 0. The van der Waals surface area contributed by atoms with Crippen LogP contribution >= 0.6 is 0 Å². The lowest BCUT2D eigenvalue weighted by atomic mass is 9.96. The van der Waals surface area contributed by atoms with Crippen LogP contribution in [0.4, 0.5) is 0 Å². The Morgan fingerprint density at radius 2 is 1.52 bits per heavy atom. The first-order chi connectivity index (χ1) is 12.5. The van der Waals surface area contributed by atoms with Crippen molar-refractivity contribution in [2.75, 3.05) is 13.7 Å². The number of para-hydroxylation sites is 1. The molecule has 0 fully saturated rings. The summed E-state index contributed by atoms with van der Waals surface area (Å²) in [4.78, 5) is 42.0. The van der Waals surface area contributed by atoms with Crippen LogP contribution in [-0.2, 0) is 19.1 Å². The van der Waals surface area contributed by atoms with Gasteiger partial charge >= 0.3 is 23.9 Å². The summed E-state index contributed by atoms with van der Waals surface area (Å²) in [6.45, 7) is 1.54. The predicted molar refractivity (Wildman–Crippen MR) is 89.3 cm³/mol. The highest BCUT2D eigenvalue weighted by Crippen LogP contribution is 2.17. The molecule has 0 bridgehead atoms. The fourth-order valence-electron chi connectivity index (χ4n) is 1.57. The van der Waals surface area contributed by atoms with Crippen molar-refractivity contribution in [3.05, 3.63) is 29.8 Å². The molecule has 0 amide bonds. The van der Waals surface area contributed by atoms with Gasteiger partial charge in [0.05, 0.1) is 19.4 Å². The molecule has 0 aliphatic carbocycles. The van der Waals surface area contributed by atoms with Crippen molar-refractivity contribution in [3.8, 4) is 5.75 Å². The minimum Gasteiger partial charge on any atom is -0.507 e. The molecule has 152 valence electrons. The van der Waals surface area contributed by atoms with Crippen molar-refractivity contribution in [1.29, 1.82) is 0 Å². The Kier molecular flexibility index (Phi) is 12.6. The van der Waals surface area contributed by atoms with E-state index in [9.17, 15) is 24.3 Å². The van der Waals surface area contributed by atoms with Crippen LogP contribution in [0.5, 0.6) is 5.75 Å². The second kappa shape index (κ2) is 13.1. The molecule has 0 saturated heterocycles. The number of esters is 1. The van der Waals surface area contributed by atoms with E-state index in [4.69, 9.17) is 25.5 Å². The van der Waals surface area contributed by atoms with E-state index in [2.05, 4.69) is 4.74 Å². The molecule has 27 heavy (non-hydrogen) atoms.